The first-order valence-electron chi connectivity index (χ1n) is 6.40. The van der Waals surface area contributed by atoms with Crippen molar-refractivity contribution in [1.29, 1.82) is 0 Å². The maximum Gasteiger partial charge on any atom is 0.337 e. The predicted octanol–water partition coefficient (Wildman–Crippen LogP) is 4.18. The van der Waals surface area contributed by atoms with Gasteiger partial charge in [0.1, 0.15) is 0 Å². The Morgan fingerprint density at radius 2 is 1.65 bits per heavy atom. The highest BCUT2D eigenvalue weighted by Crippen LogP contribution is 2.27. The van der Waals surface area contributed by atoms with Gasteiger partial charge >= 0.3 is 5.97 Å². The molecule has 0 fully saturated rings. The monoisotopic (exact) mass is 262 g/mol. The van der Waals surface area contributed by atoms with Crippen LogP contribution in [0, 0.1) is 0 Å². The Morgan fingerprint density at radius 3 is 2.45 bits per heavy atom. The molecule has 3 aromatic rings. The standard InChI is InChI=1S/C18H14O2/c1-12(18(19)20-2)14-9-10-17-15(11-14)8-7-13-5-3-4-6-16(13)17/h3-11H,1H2,2H3. The number of hydrogen-bond acceptors (Lipinski definition) is 2. The van der Waals surface area contributed by atoms with E-state index < -0.39 is 5.97 Å². The fourth-order valence-electron chi connectivity index (χ4n) is 2.44. The first-order valence-corrected chi connectivity index (χ1v) is 6.40. The number of rotatable bonds is 2. The van der Waals surface area contributed by atoms with Crippen LogP contribution in [-0.2, 0) is 9.53 Å². The molecule has 3 aromatic carbocycles. The maximum absolute atomic E-state index is 11.5. The molecule has 0 saturated carbocycles. The average Bonchev–Trinajstić information content (AvgIpc) is 2.52. The van der Waals surface area contributed by atoms with Crippen LogP contribution in [-0.4, -0.2) is 13.1 Å². The van der Waals surface area contributed by atoms with E-state index in [9.17, 15) is 4.79 Å². The molecule has 0 N–H and O–H groups in total. The number of carbonyl (C=O) groups is 1. The molecule has 2 nitrogen and oxygen atoms in total. The van der Waals surface area contributed by atoms with Crippen molar-refractivity contribution in [2.24, 2.45) is 0 Å². The summed E-state index contributed by atoms with van der Waals surface area (Å²) in [5.74, 6) is -0.398. The molecular weight excluding hydrogens is 248 g/mol. The van der Waals surface area contributed by atoms with Crippen LogP contribution >= 0.6 is 0 Å². The van der Waals surface area contributed by atoms with E-state index in [2.05, 4.69) is 30.8 Å². The van der Waals surface area contributed by atoms with Crippen molar-refractivity contribution in [3.8, 4) is 0 Å². The van der Waals surface area contributed by atoms with Gasteiger partial charge in [-0.15, -0.1) is 0 Å². The van der Waals surface area contributed by atoms with Crippen LogP contribution in [0.25, 0.3) is 27.1 Å². The molecule has 0 aliphatic heterocycles. The quantitative estimate of drug-likeness (QED) is 0.393. The molecule has 0 atom stereocenters. The smallest absolute Gasteiger partial charge is 0.337 e. The van der Waals surface area contributed by atoms with Gasteiger partial charge in [-0.1, -0.05) is 55.1 Å². The SMILES string of the molecule is C=C(C(=O)OC)c1ccc2c(ccc3ccccc32)c1. The molecule has 0 unspecified atom stereocenters. The van der Waals surface area contributed by atoms with E-state index in [1.807, 2.05) is 30.3 Å². The van der Waals surface area contributed by atoms with Gasteiger partial charge in [-0.3, -0.25) is 0 Å². The summed E-state index contributed by atoms with van der Waals surface area (Å²) in [5, 5.41) is 4.68. The van der Waals surface area contributed by atoms with Gasteiger partial charge in [0.2, 0.25) is 0 Å². The van der Waals surface area contributed by atoms with Crippen molar-refractivity contribution in [3.05, 3.63) is 66.7 Å². The fourth-order valence-corrected chi connectivity index (χ4v) is 2.44. The van der Waals surface area contributed by atoms with E-state index in [-0.39, 0.29) is 0 Å². The second-order valence-corrected chi connectivity index (χ2v) is 4.69. The Bertz CT molecular complexity index is 831. The van der Waals surface area contributed by atoms with E-state index in [1.54, 1.807) is 0 Å². The highest BCUT2D eigenvalue weighted by Gasteiger charge is 2.10. The van der Waals surface area contributed by atoms with E-state index >= 15 is 0 Å². The molecule has 20 heavy (non-hydrogen) atoms. The van der Waals surface area contributed by atoms with Crippen LogP contribution in [0.15, 0.2) is 61.2 Å². The minimum absolute atomic E-state index is 0.377. The number of benzene rings is 3. The lowest BCUT2D eigenvalue weighted by atomic mass is 9.98. The van der Waals surface area contributed by atoms with Crippen LogP contribution in [0.1, 0.15) is 5.56 Å². The van der Waals surface area contributed by atoms with Crippen LogP contribution in [0.2, 0.25) is 0 Å². The average molecular weight is 262 g/mol. The van der Waals surface area contributed by atoms with Gasteiger partial charge in [-0.25, -0.2) is 4.79 Å². The van der Waals surface area contributed by atoms with Gasteiger partial charge in [0.25, 0.3) is 0 Å². The molecule has 0 aromatic heterocycles. The molecule has 98 valence electrons. The van der Waals surface area contributed by atoms with Crippen LogP contribution in [0.5, 0.6) is 0 Å². The Kier molecular flexibility index (Phi) is 2.99. The van der Waals surface area contributed by atoms with Crippen molar-refractivity contribution in [2.45, 2.75) is 0 Å². The first kappa shape index (κ1) is 12.4. The summed E-state index contributed by atoms with van der Waals surface area (Å²) in [5.41, 5.74) is 1.17. The molecule has 0 radical (unpaired) electrons. The van der Waals surface area contributed by atoms with E-state index in [1.165, 1.54) is 23.3 Å². The van der Waals surface area contributed by atoms with Crippen LogP contribution < -0.4 is 0 Å². The second kappa shape index (κ2) is 4.82. The number of ether oxygens (including phenoxy) is 1. The number of esters is 1. The Hall–Kier alpha value is -2.61. The lowest BCUT2D eigenvalue weighted by molar-refractivity contribution is -0.133. The third-order valence-electron chi connectivity index (χ3n) is 3.53. The Balaban J connectivity index is 2.20. The molecule has 0 saturated heterocycles. The van der Waals surface area contributed by atoms with Crippen molar-refractivity contribution in [1.82, 2.24) is 0 Å². The number of fused-ring (bicyclic) bond motifs is 3. The largest absolute Gasteiger partial charge is 0.465 e. The molecule has 0 amide bonds. The topological polar surface area (TPSA) is 26.3 Å². The zero-order valence-electron chi connectivity index (χ0n) is 11.2. The molecule has 0 spiro atoms. The molecule has 0 heterocycles. The zero-order chi connectivity index (χ0) is 14.1. The van der Waals surface area contributed by atoms with Gasteiger partial charge < -0.3 is 4.74 Å². The summed E-state index contributed by atoms with van der Waals surface area (Å²) in [7, 11) is 1.36. The number of methoxy groups -OCH3 is 1. The van der Waals surface area contributed by atoms with Gasteiger partial charge in [0.15, 0.2) is 0 Å². The minimum atomic E-state index is -0.398. The molecule has 2 heteroatoms. The predicted molar refractivity (Wildman–Crippen MR) is 82.5 cm³/mol. The molecule has 0 bridgehead atoms. The van der Waals surface area contributed by atoms with Gasteiger partial charge in [-0.05, 0) is 33.2 Å². The summed E-state index contributed by atoms with van der Waals surface area (Å²) in [6.07, 6.45) is 0. The second-order valence-electron chi connectivity index (χ2n) is 4.69. The maximum atomic E-state index is 11.5. The highest BCUT2D eigenvalue weighted by molar-refractivity contribution is 6.17. The van der Waals surface area contributed by atoms with E-state index in [4.69, 9.17) is 4.74 Å². The normalized spacial score (nSPS) is 10.7. The summed E-state index contributed by atoms with van der Waals surface area (Å²) < 4.78 is 4.71. The summed E-state index contributed by atoms with van der Waals surface area (Å²) in [6, 6.07) is 18.3. The molecule has 0 aliphatic rings. The van der Waals surface area contributed by atoms with Gasteiger partial charge in [-0.2, -0.15) is 0 Å². The fraction of sp³-hybridized carbons (Fsp3) is 0.0556. The number of hydrogen-bond donors (Lipinski definition) is 0. The molecule has 0 aliphatic carbocycles. The lowest BCUT2D eigenvalue weighted by Crippen LogP contribution is -2.02. The van der Waals surface area contributed by atoms with Gasteiger partial charge in [0.05, 0.1) is 12.7 Å². The van der Waals surface area contributed by atoms with Crippen molar-refractivity contribution in [3.63, 3.8) is 0 Å². The molecular formula is C18H14O2. The van der Waals surface area contributed by atoms with Crippen LogP contribution in [0.4, 0.5) is 0 Å². The minimum Gasteiger partial charge on any atom is -0.465 e. The summed E-state index contributed by atoms with van der Waals surface area (Å²) >= 11 is 0. The first-order chi connectivity index (χ1) is 9.70. The highest BCUT2D eigenvalue weighted by atomic mass is 16.5. The van der Waals surface area contributed by atoms with Crippen molar-refractivity contribution >= 4 is 33.1 Å². The molecule has 3 rings (SSSR count). The van der Waals surface area contributed by atoms with Gasteiger partial charge in [0, 0.05) is 0 Å². The summed E-state index contributed by atoms with van der Waals surface area (Å²) in [6.45, 7) is 3.79. The Labute approximate surface area is 117 Å². The zero-order valence-corrected chi connectivity index (χ0v) is 11.2. The van der Waals surface area contributed by atoms with E-state index in [0.717, 1.165) is 10.9 Å². The van der Waals surface area contributed by atoms with E-state index in [0.29, 0.717) is 5.57 Å². The van der Waals surface area contributed by atoms with Crippen molar-refractivity contribution in [2.75, 3.05) is 7.11 Å². The van der Waals surface area contributed by atoms with Crippen molar-refractivity contribution < 1.29 is 9.53 Å². The lowest BCUT2D eigenvalue weighted by Gasteiger charge is -2.07. The summed E-state index contributed by atoms with van der Waals surface area (Å²) in [4.78, 5) is 11.5. The number of carbonyl (C=O) groups excluding carboxylic acids is 1. The van der Waals surface area contributed by atoms with Crippen LogP contribution in [0.3, 0.4) is 0 Å². The third-order valence-corrected chi connectivity index (χ3v) is 3.53. The Morgan fingerprint density at radius 1 is 0.950 bits per heavy atom. The third kappa shape index (κ3) is 1.95.